The Labute approximate surface area is 180 Å². The van der Waals surface area contributed by atoms with Gasteiger partial charge in [-0.15, -0.1) is 11.3 Å². The summed E-state index contributed by atoms with van der Waals surface area (Å²) in [5, 5.41) is 9.62. The van der Waals surface area contributed by atoms with Crippen LogP contribution < -0.4 is 4.31 Å². The predicted octanol–water partition coefficient (Wildman–Crippen LogP) is 2.64. The number of hydrogen-bond donors (Lipinski definition) is 1. The number of carboxylic acid groups (broad SMARTS) is 1. The zero-order chi connectivity index (χ0) is 21.5. The summed E-state index contributed by atoms with van der Waals surface area (Å²) >= 11 is 1.39. The van der Waals surface area contributed by atoms with Crippen LogP contribution in [0.1, 0.15) is 16.9 Å². The molecule has 0 aliphatic carbocycles. The lowest BCUT2D eigenvalue weighted by atomic mass is 10.2. The molecule has 2 aliphatic rings. The fraction of sp³-hybridized carbons (Fsp3) is 0.400. The lowest BCUT2D eigenvalue weighted by molar-refractivity contribution is -0.136. The monoisotopic (exact) mass is 448 g/mol. The first-order valence-electron chi connectivity index (χ1n) is 9.73. The van der Waals surface area contributed by atoms with Gasteiger partial charge in [0.25, 0.3) is 0 Å². The number of aliphatic imine (C=N–C) groups is 1. The summed E-state index contributed by atoms with van der Waals surface area (Å²) in [5.74, 6) is -0.846. The van der Waals surface area contributed by atoms with Crippen molar-refractivity contribution in [2.75, 3.05) is 43.3 Å². The summed E-state index contributed by atoms with van der Waals surface area (Å²) in [7, 11) is -1.83. The number of nitrogens with zero attached hydrogens (tertiary/aromatic N) is 4. The Kier molecular flexibility index (Phi) is 5.56. The second-order valence-electron chi connectivity index (χ2n) is 7.51. The first-order valence-corrected chi connectivity index (χ1v) is 12.2. The van der Waals surface area contributed by atoms with E-state index in [0.29, 0.717) is 16.4 Å². The minimum atomic E-state index is -3.92. The summed E-state index contributed by atoms with van der Waals surface area (Å²) < 4.78 is 27.9. The molecule has 0 saturated carbocycles. The Hall–Kier alpha value is -2.43. The topological polar surface area (TPSA) is 93.5 Å². The summed E-state index contributed by atoms with van der Waals surface area (Å²) in [6.07, 6.45) is -0.452. The van der Waals surface area contributed by atoms with Gasteiger partial charge in [0, 0.05) is 31.1 Å². The number of likely N-dealkylation sites (N-methyl/N-ethyl adjacent to an activating group) is 1. The van der Waals surface area contributed by atoms with Crippen molar-refractivity contribution in [2.45, 2.75) is 13.3 Å². The molecule has 1 saturated heterocycles. The zero-order valence-corrected chi connectivity index (χ0v) is 18.5. The molecule has 2 aliphatic heterocycles. The Morgan fingerprint density at radius 3 is 2.60 bits per heavy atom. The Morgan fingerprint density at radius 1 is 1.20 bits per heavy atom. The molecule has 30 heavy (non-hydrogen) atoms. The highest BCUT2D eigenvalue weighted by atomic mass is 32.2. The fourth-order valence-corrected chi connectivity index (χ4v) is 6.47. The number of aryl methyl sites for hydroxylation is 1. The van der Waals surface area contributed by atoms with Crippen LogP contribution in [0.3, 0.4) is 0 Å². The van der Waals surface area contributed by atoms with Crippen molar-refractivity contribution >= 4 is 49.5 Å². The van der Waals surface area contributed by atoms with Crippen LogP contribution in [0.15, 0.2) is 35.3 Å². The third-order valence-electron chi connectivity index (χ3n) is 5.24. The van der Waals surface area contributed by atoms with Gasteiger partial charge in [-0.25, -0.2) is 17.7 Å². The number of piperazine rings is 1. The van der Waals surface area contributed by atoms with Crippen LogP contribution in [0.25, 0.3) is 0 Å². The molecule has 160 valence electrons. The quantitative estimate of drug-likeness (QED) is 0.773. The number of amidine groups is 1. The first kappa shape index (κ1) is 20.8. The maximum atomic E-state index is 13.3. The van der Waals surface area contributed by atoms with Crippen LogP contribution in [0.4, 0.5) is 16.4 Å². The molecule has 1 fully saturated rings. The van der Waals surface area contributed by atoms with Gasteiger partial charge in [-0.1, -0.05) is 12.1 Å². The molecule has 4 rings (SSSR count). The number of rotatable bonds is 4. The van der Waals surface area contributed by atoms with Gasteiger partial charge in [0.15, 0.2) is 0 Å². The Bertz CT molecular complexity index is 1100. The second kappa shape index (κ2) is 8.01. The van der Waals surface area contributed by atoms with Gasteiger partial charge in [0.1, 0.15) is 10.8 Å². The van der Waals surface area contributed by atoms with E-state index in [2.05, 4.69) is 16.8 Å². The van der Waals surface area contributed by atoms with Crippen LogP contribution >= 0.6 is 11.3 Å². The number of aliphatic carboxylic acids is 1. The Balaban J connectivity index is 1.87. The number of fused-ring (bicyclic) bond motifs is 2. The third kappa shape index (κ3) is 3.94. The van der Waals surface area contributed by atoms with Crippen molar-refractivity contribution in [3.05, 3.63) is 40.8 Å². The zero-order valence-electron chi connectivity index (χ0n) is 16.9. The molecule has 1 aromatic carbocycles. The molecular weight excluding hydrogens is 424 g/mol. The summed E-state index contributed by atoms with van der Waals surface area (Å²) in [4.78, 5) is 21.4. The average Bonchev–Trinajstić information content (AvgIpc) is 3.01. The highest BCUT2D eigenvalue weighted by molar-refractivity contribution is 7.93. The van der Waals surface area contributed by atoms with Crippen molar-refractivity contribution in [1.29, 1.82) is 0 Å². The molecule has 0 amide bonds. The smallest absolute Gasteiger partial charge is 0.304 e. The van der Waals surface area contributed by atoms with Gasteiger partial charge in [0.05, 0.1) is 29.1 Å². The number of benzene rings is 1. The molecule has 0 unspecified atom stereocenters. The number of sulfonamides is 1. The van der Waals surface area contributed by atoms with Crippen molar-refractivity contribution in [3.8, 4) is 0 Å². The average molecular weight is 449 g/mol. The first-order chi connectivity index (χ1) is 14.3. The van der Waals surface area contributed by atoms with E-state index >= 15 is 0 Å². The van der Waals surface area contributed by atoms with E-state index in [1.54, 1.807) is 18.2 Å². The standard InChI is InChI=1S/C20H24N4O4S2/c1-14-13-15-19(23-10-8-22(2)9-11-23)21-16-5-3-4-6-17(16)24(20(15)29-14)30(27,28)12-7-18(25)26/h3-6,13H,7-12H2,1-2H3,(H,25,26). The van der Waals surface area contributed by atoms with Gasteiger partial charge in [-0.3, -0.25) is 4.79 Å². The molecule has 3 heterocycles. The lowest BCUT2D eigenvalue weighted by Crippen LogP contribution is -2.47. The predicted molar refractivity (Wildman–Crippen MR) is 119 cm³/mol. The van der Waals surface area contributed by atoms with Gasteiger partial charge in [-0.2, -0.15) is 0 Å². The number of hydrogen-bond acceptors (Lipinski definition) is 7. The highest BCUT2D eigenvalue weighted by Crippen LogP contribution is 2.45. The van der Waals surface area contributed by atoms with E-state index < -0.39 is 28.2 Å². The van der Waals surface area contributed by atoms with E-state index in [4.69, 9.17) is 10.1 Å². The number of carbonyl (C=O) groups is 1. The minimum absolute atomic E-state index is 0.452. The molecule has 1 aromatic heterocycles. The molecule has 0 spiro atoms. The van der Waals surface area contributed by atoms with Crippen LogP contribution in [0, 0.1) is 6.92 Å². The third-order valence-corrected chi connectivity index (χ3v) is 8.05. The Morgan fingerprint density at radius 2 is 1.90 bits per heavy atom. The minimum Gasteiger partial charge on any atom is -0.481 e. The van der Waals surface area contributed by atoms with E-state index in [1.807, 2.05) is 19.1 Å². The van der Waals surface area contributed by atoms with E-state index in [9.17, 15) is 13.2 Å². The molecular formula is C20H24N4O4S2. The summed E-state index contributed by atoms with van der Waals surface area (Å²) in [6, 6.07) is 9.10. The maximum absolute atomic E-state index is 13.3. The second-order valence-corrected chi connectivity index (χ2v) is 10.7. The van der Waals surface area contributed by atoms with Crippen molar-refractivity contribution in [2.24, 2.45) is 4.99 Å². The molecule has 1 N–H and O–H groups in total. The van der Waals surface area contributed by atoms with Crippen LogP contribution in [-0.2, 0) is 14.8 Å². The SMILES string of the molecule is Cc1cc2c(s1)N(S(=O)(=O)CCC(=O)O)c1ccccc1N=C2N1CCN(C)CC1. The normalized spacial score (nSPS) is 17.2. The van der Waals surface area contributed by atoms with Crippen molar-refractivity contribution < 1.29 is 18.3 Å². The van der Waals surface area contributed by atoms with Gasteiger partial charge >= 0.3 is 5.97 Å². The van der Waals surface area contributed by atoms with Gasteiger partial charge < -0.3 is 14.9 Å². The van der Waals surface area contributed by atoms with Crippen LogP contribution in [0.2, 0.25) is 0 Å². The largest absolute Gasteiger partial charge is 0.481 e. The maximum Gasteiger partial charge on any atom is 0.304 e. The molecule has 0 bridgehead atoms. The molecule has 2 aromatic rings. The lowest BCUT2D eigenvalue weighted by Gasteiger charge is -2.34. The van der Waals surface area contributed by atoms with Crippen molar-refractivity contribution in [1.82, 2.24) is 9.80 Å². The number of anilines is 2. The van der Waals surface area contributed by atoms with Gasteiger partial charge in [0.2, 0.25) is 10.0 Å². The van der Waals surface area contributed by atoms with E-state index in [1.165, 1.54) is 15.6 Å². The number of thiophene rings is 1. The summed E-state index contributed by atoms with van der Waals surface area (Å²) in [6.45, 7) is 5.35. The van der Waals surface area contributed by atoms with Crippen molar-refractivity contribution in [3.63, 3.8) is 0 Å². The van der Waals surface area contributed by atoms with E-state index in [-0.39, 0.29) is 0 Å². The molecule has 0 atom stereocenters. The van der Waals surface area contributed by atoms with Crippen LogP contribution in [-0.4, -0.2) is 74.1 Å². The van der Waals surface area contributed by atoms with Crippen LogP contribution in [0.5, 0.6) is 0 Å². The fourth-order valence-electron chi connectivity index (χ4n) is 3.67. The van der Waals surface area contributed by atoms with Gasteiger partial charge in [-0.05, 0) is 32.2 Å². The number of carboxylic acids is 1. The summed E-state index contributed by atoms with van der Waals surface area (Å²) in [5.41, 5.74) is 1.79. The molecule has 0 radical (unpaired) electrons. The van der Waals surface area contributed by atoms with E-state index in [0.717, 1.165) is 42.5 Å². The molecule has 10 heteroatoms. The number of para-hydroxylation sites is 2. The highest BCUT2D eigenvalue weighted by Gasteiger charge is 2.35. The molecule has 8 nitrogen and oxygen atoms in total.